The molecule has 0 amide bonds. The molecule has 0 aliphatic rings. The van der Waals surface area contributed by atoms with E-state index in [1.165, 1.54) is 24.3 Å². The molecule has 1 aromatic carbocycles. The number of halogens is 2. The van der Waals surface area contributed by atoms with Crippen molar-refractivity contribution in [3.63, 3.8) is 0 Å². The van der Waals surface area contributed by atoms with Gasteiger partial charge in [-0.05, 0) is 18.2 Å². The standard InChI is InChI=1S/C10H6ClFN2O/c11-7-2-1-6(5-8(7)12)9-3-4-10(15)14-13-9/h1-5H,(H,14,15). The van der Waals surface area contributed by atoms with Crippen LogP contribution in [0.3, 0.4) is 0 Å². The Balaban J connectivity index is 2.50. The third-order valence-electron chi connectivity index (χ3n) is 1.89. The fourth-order valence-electron chi connectivity index (χ4n) is 1.16. The number of aromatic nitrogens is 2. The molecular formula is C10H6ClFN2O. The minimum absolute atomic E-state index is 0.0585. The Kier molecular flexibility index (Phi) is 2.51. The van der Waals surface area contributed by atoms with Crippen LogP contribution in [-0.2, 0) is 0 Å². The molecule has 76 valence electrons. The summed E-state index contributed by atoms with van der Waals surface area (Å²) in [4.78, 5) is 10.8. The third kappa shape index (κ3) is 2.05. The van der Waals surface area contributed by atoms with E-state index < -0.39 is 5.82 Å². The van der Waals surface area contributed by atoms with Crippen molar-refractivity contribution in [2.45, 2.75) is 0 Å². The van der Waals surface area contributed by atoms with E-state index in [1.807, 2.05) is 0 Å². The number of nitrogens with zero attached hydrogens (tertiary/aromatic N) is 1. The van der Waals surface area contributed by atoms with Crippen LogP contribution < -0.4 is 5.56 Å². The molecule has 3 nitrogen and oxygen atoms in total. The maximum absolute atomic E-state index is 13.1. The van der Waals surface area contributed by atoms with E-state index >= 15 is 0 Å². The average Bonchev–Trinajstić information content (AvgIpc) is 2.23. The lowest BCUT2D eigenvalue weighted by molar-refractivity contribution is 0.628. The third-order valence-corrected chi connectivity index (χ3v) is 2.20. The van der Waals surface area contributed by atoms with Crippen LogP contribution in [0.1, 0.15) is 0 Å². The fourth-order valence-corrected chi connectivity index (χ4v) is 1.28. The van der Waals surface area contributed by atoms with Crippen LogP contribution in [0.2, 0.25) is 5.02 Å². The highest BCUT2D eigenvalue weighted by Gasteiger charge is 2.04. The highest BCUT2D eigenvalue weighted by molar-refractivity contribution is 6.30. The fraction of sp³-hybridized carbons (Fsp3) is 0. The van der Waals surface area contributed by atoms with Crippen molar-refractivity contribution >= 4 is 11.6 Å². The van der Waals surface area contributed by atoms with Gasteiger partial charge in [0.05, 0.1) is 10.7 Å². The Morgan fingerprint density at radius 3 is 2.67 bits per heavy atom. The minimum atomic E-state index is -0.512. The van der Waals surface area contributed by atoms with Crippen molar-refractivity contribution in [2.24, 2.45) is 0 Å². The van der Waals surface area contributed by atoms with E-state index in [2.05, 4.69) is 10.2 Å². The van der Waals surface area contributed by atoms with Crippen molar-refractivity contribution in [1.82, 2.24) is 10.2 Å². The Bertz CT molecular complexity index is 533. The number of rotatable bonds is 1. The first kappa shape index (κ1) is 9.86. The molecule has 0 saturated heterocycles. The lowest BCUT2D eigenvalue weighted by Gasteiger charge is -2.00. The summed E-state index contributed by atoms with van der Waals surface area (Å²) in [6, 6.07) is 7.18. The van der Waals surface area contributed by atoms with Crippen LogP contribution in [0.15, 0.2) is 35.1 Å². The van der Waals surface area contributed by atoms with E-state index in [1.54, 1.807) is 6.07 Å². The van der Waals surface area contributed by atoms with Gasteiger partial charge in [0.25, 0.3) is 5.56 Å². The normalized spacial score (nSPS) is 10.3. The van der Waals surface area contributed by atoms with Gasteiger partial charge in [-0.3, -0.25) is 4.79 Å². The monoisotopic (exact) mass is 224 g/mol. The molecule has 0 spiro atoms. The summed E-state index contributed by atoms with van der Waals surface area (Å²) in [6.07, 6.45) is 0. The Morgan fingerprint density at radius 1 is 1.27 bits per heavy atom. The van der Waals surface area contributed by atoms with Crippen LogP contribution in [0.25, 0.3) is 11.3 Å². The summed E-state index contributed by atoms with van der Waals surface area (Å²) in [5.41, 5.74) is 0.756. The molecule has 1 N–H and O–H groups in total. The second kappa shape index (κ2) is 3.82. The zero-order chi connectivity index (χ0) is 10.8. The van der Waals surface area contributed by atoms with Crippen molar-refractivity contribution < 1.29 is 4.39 Å². The first-order chi connectivity index (χ1) is 7.16. The summed E-state index contributed by atoms with van der Waals surface area (Å²) < 4.78 is 13.1. The van der Waals surface area contributed by atoms with Gasteiger partial charge in [0.15, 0.2) is 0 Å². The highest BCUT2D eigenvalue weighted by atomic mass is 35.5. The maximum atomic E-state index is 13.1. The van der Waals surface area contributed by atoms with E-state index in [0.717, 1.165) is 0 Å². The van der Waals surface area contributed by atoms with Crippen molar-refractivity contribution in [3.05, 3.63) is 51.5 Å². The molecule has 0 radical (unpaired) electrons. The lowest BCUT2D eigenvalue weighted by atomic mass is 10.1. The van der Waals surface area contributed by atoms with Crippen LogP contribution in [0.5, 0.6) is 0 Å². The summed E-state index contributed by atoms with van der Waals surface area (Å²) >= 11 is 5.54. The van der Waals surface area contributed by atoms with Crippen LogP contribution in [0.4, 0.5) is 4.39 Å². The number of aromatic amines is 1. The second-order valence-electron chi connectivity index (χ2n) is 2.94. The Hall–Kier alpha value is -1.68. The molecule has 0 saturated carbocycles. The van der Waals surface area contributed by atoms with Crippen molar-refractivity contribution in [2.75, 3.05) is 0 Å². The van der Waals surface area contributed by atoms with Crippen LogP contribution >= 0.6 is 11.6 Å². The van der Waals surface area contributed by atoms with Gasteiger partial charge < -0.3 is 0 Å². The summed E-state index contributed by atoms with van der Waals surface area (Å²) in [7, 11) is 0. The van der Waals surface area contributed by atoms with E-state index in [-0.39, 0.29) is 10.6 Å². The largest absolute Gasteiger partial charge is 0.268 e. The summed E-state index contributed by atoms with van der Waals surface area (Å²) in [6.45, 7) is 0. The number of hydrogen-bond donors (Lipinski definition) is 1. The van der Waals surface area contributed by atoms with Gasteiger partial charge in [-0.15, -0.1) is 0 Å². The topological polar surface area (TPSA) is 45.8 Å². The summed E-state index contributed by atoms with van der Waals surface area (Å²) in [5, 5.41) is 6.10. The van der Waals surface area contributed by atoms with Gasteiger partial charge in [-0.2, -0.15) is 5.10 Å². The molecule has 0 bridgehead atoms. The Labute approximate surface area is 89.5 Å². The van der Waals surface area contributed by atoms with Gasteiger partial charge in [0.2, 0.25) is 0 Å². The molecule has 5 heteroatoms. The molecule has 15 heavy (non-hydrogen) atoms. The van der Waals surface area contributed by atoms with Crippen molar-refractivity contribution in [1.29, 1.82) is 0 Å². The SMILES string of the molecule is O=c1ccc(-c2ccc(Cl)c(F)c2)n[nH]1. The number of benzene rings is 1. The maximum Gasteiger partial charge on any atom is 0.264 e. The number of H-pyrrole nitrogens is 1. The average molecular weight is 225 g/mol. The molecule has 0 fully saturated rings. The van der Waals surface area contributed by atoms with E-state index in [9.17, 15) is 9.18 Å². The van der Waals surface area contributed by atoms with Gasteiger partial charge in [0.1, 0.15) is 5.82 Å². The van der Waals surface area contributed by atoms with Crippen molar-refractivity contribution in [3.8, 4) is 11.3 Å². The molecular weight excluding hydrogens is 219 g/mol. The molecule has 2 rings (SSSR count). The molecule has 0 atom stereocenters. The predicted molar refractivity (Wildman–Crippen MR) is 55.3 cm³/mol. The number of hydrogen-bond acceptors (Lipinski definition) is 2. The van der Waals surface area contributed by atoms with E-state index in [4.69, 9.17) is 11.6 Å². The zero-order valence-electron chi connectivity index (χ0n) is 7.50. The molecule has 2 aromatic rings. The highest BCUT2D eigenvalue weighted by Crippen LogP contribution is 2.21. The van der Waals surface area contributed by atoms with Gasteiger partial charge in [0, 0.05) is 11.6 Å². The first-order valence-electron chi connectivity index (χ1n) is 4.18. The Morgan fingerprint density at radius 2 is 2.07 bits per heavy atom. The van der Waals surface area contributed by atoms with Crippen LogP contribution in [-0.4, -0.2) is 10.2 Å². The molecule has 1 aromatic heterocycles. The molecule has 0 unspecified atom stereocenters. The number of nitrogens with one attached hydrogen (secondary N) is 1. The quantitative estimate of drug-likeness (QED) is 0.808. The van der Waals surface area contributed by atoms with Crippen LogP contribution in [0, 0.1) is 5.82 Å². The minimum Gasteiger partial charge on any atom is -0.268 e. The van der Waals surface area contributed by atoms with Gasteiger partial charge in [-0.1, -0.05) is 17.7 Å². The molecule has 1 heterocycles. The smallest absolute Gasteiger partial charge is 0.264 e. The van der Waals surface area contributed by atoms with Gasteiger partial charge in [-0.25, -0.2) is 9.49 Å². The van der Waals surface area contributed by atoms with E-state index in [0.29, 0.717) is 11.3 Å². The predicted octanol–water partition coefficient (Wildman–Crippen LogP) is 2.23. The molecule has 0 aliphatic carbocycles. The molecule has 0 aliphatic heterocycles. The van der Waals surface area contributed by atoms with Gasteiger partial charge >= 0.3 is 0 Å². The zero-order valence-corrected chi connectivity index (χ0v) is 8.25. The summed E-state index contributed by atoms with van der Waals surface area (Å²) in [5.74, 6) is -0.512. The first-order valence-corrected chi connectivity index (χ1v) is 4.56. The lowest BCUT2D eigenvalue weighted by Crippen LogP contribution is -2.05. The second-order valence-corrected chi connectivity index (χ2v) is 3.34.